The van der Waals surface area contributed by atoms with E-state index >= 15 is 0 Å². The lowest BCUT2D eigenvalue weighted by Crippen LogP contribution is -2.32. The summed E-state index contributed by atoms with van der Waals surface area (Å²) in [5.41, 5.74) is 3.53. The first-order valence-corrected chi connectivity index (χ1v) is 13.5. The number of ether oxygens (including phenoxy) is 1. The second-order valence-electron chi connectivity index (χ2n) is 9.44. The van der Waals surface area contributed by atoms with Gasteiger partial charge in [-0.2, -0.15) is 0 Å². The molecule has 176 valence electrons. The van der Waals surface area contributed by atoms with Crippen LogP contribution in [0.5, 0.6) is 5.88 Å². The number of sulfone groups is 1. The smallest absolute Gasteiger partial charge is 0.213 e. The predicted molar refractivity (Wildman–Crippen MR) is 132 cm³/mol. The zero-order chi connectivity index (χ0) is 21.8. The third-order valence-corrected chi connectivity index (χ3v) is 7.53. The molecule has 7 heteroatoms. The minimum absolute atomic E-state index is 0. The molecule has 1 aromatic carbocycles. The van der Waals surface area contributed by atoms with Crippen LogP contribution in [0.1, 0.15) is 61.3 Å². The molecule has 5 nitrogen and oxygen atoms in total. The molecule has 0 bridgehead atoms. The van der Waals surface area contributed by atoms with E-state index in [0.717, 1.165) is 62.1 Å². The molecule has 1 aliphatic carbocycles. The highest BCUT2D eigenvalue weighted by Gasteiger charge is 2.24. The number of aromatic nitrogens is 1. The summed E-state index contributed by atoms with van der Waals surface area (Å²) in [5.74, 6) is 2.24. The van der Waals surface area contributed by atoms with Gasteiger partial charge in [0.15, 0.2) is 0 Å². The predicted octanol–water partition coefficient (Wildman–Crippen LogP) is 4.82. The van der Waals surface area contributed by atoms with E-state index in [-0.39, 0.29) is 24.1 Å². The van der Waals surface area contributed by atoms with E-state index in [0.29, 0.717) is 5.92 Å². The molecule has 32 heavy (non-hydrogen) atoms. The SMILES string of the molecule is C[C@@H](CS(C)(=O)=O)c1ccc(CN2CCC(c3cccc(OCC4CC4)n3)CC2)cc1.Cl. The molecule has 1 saturated carbocycles. The van der Waals surface area contributed by atoms with Gasteiger partial charge in [-0.05, 0) is 67.8 Å². The van der Waals surface area contributed by atoms with Crippen molar-refractivity contribution >= 4 is 22.2 Å². The van der Waals surface area contributed by atoms with Gasteiger partial charge in [0.25, 0.3) is 0 Å². The van der Waals surface area contributed by atoms with Crippen LogP contribution in [0, 0.1) is 5.92 Å². The highest BCUT2D eigenvalue weighted by Crippen LogP contribution is 2.31. The van der Waals surface area contributed by atoms with Gasteiger partial charge >= 0.3 is 0 Å². The van der Waals surface area contributed by atoms with Crippen LogP contribution in [0.4, 0.5) is 0 Å². The van der Waals surface area contributed by atoms with Gasteiger partial charge < -0.3 is 4.74 Å². The van der Waals surface area contributed by atoms with Crippen molar-refractivity contribution in [2.45, 2.75) is 51.0 Å². The molecule has 1 aliphatic heterocycles. The lowest BCUT2D eigenvalue weighted by Gasteiger charge is -2.31. The van der Waals surface area contributed by atoms with Crippen LogP contribution < -0.4 is 4.74 Å². The standard InChI is InChI=1S/C25H34N2O3S.ClH/c1-19(18-31(2,28)29)22-10-8-20(9-11-22)16-27-14-12-23(13-15-27)24-4-3-5-25(26-24)30-17-21-6-7-21;/h3-5,8-11,19,21,23H,6-7,12-18H2,1-2H3;1H/t19-;/m0./s1. The summed E-state index contributed by atoms with van der Waals surface area (Å²) in [5, 5.41) is 0. The molecule has 1 atom stereocenters. The maximum atomic E-state index is 11.5. The molecular weight excluding hydrogens is 444 g/mol. The largest absolute Gasteiger partial charge is 0.477 e. The Morgan fingerprint density at radius 3 is 2.38 bits per heavy atom. The highest BCUT2D eigenvalue weighted by atomic mass is 35.5. The molecule has 1 saturated heterocycles. The molecular formula is C25H35ClN2O3S. The first-order chi connectivity index (χ1) is 14.9. The van der Waals surface area contributed by atoms with Gasteiger partial charge in [-0.15, -0.1) is 12.4 Å². The molecule has 0 radical (unpaired) electrons. The zero-order valence-corrected chi connectivity index (χ0v) is 20.7. The molecule has 2 fully saturated rings. The topological polar surface area (TPSA) is 59.5 Å². The molecule has 0 N–H and O–H groups in total. The van der Waals surface area contributed by atoms with Crippen LogP contribution in [0.3, 0.4) is 0 Å². The van der Waals surface area contributed by atoms with Crippen molar-refractivity contribution in [2.24, 2.45) is 5.92 Å². The lowest BCUT2D eigenvalue weighted by atomic mass is 9.92. The number of likely N-dealkylation sites (tertiary alicyclic amines) is 1. The fourth-order valence-electron chi connectivity index (χ4n) is 4.37. The van der Waals surface area contributed by atoms with Crippen molar-refractivity contribution < 1.29 is 13.2 Å². The Hall–Kier alpha value is -1.63. The van der Waals surface area contributed by atoms with Crippen molar-refractivity contribution in [1.82, 2.24) is 9.88 Å². The van der Waals surface area contributed by atoms with Crippen LogP contribution >= 0.6 is 12.4 Å². The summed E-state index contributed by atoms with van der Waals surface area (Å²) in [6, 6.07) is 14.6. The zero-order valence-electron chi connectivity index (χ0n) is 19.1. The molecule has 0 spiro atoms. The van der Waals surface area contributed by atoms with Crippen molar-refractivity contribution in [3.8, 4) is 5.88 Å². The minimum atomic E-state index is -2.96. The van der Waals surface area contributed by atoms with Gasteiger partial charge in [-0.25, -0.2) is 13.4 Å². The van der Waals surface area contributed by atoms with Crippen molar-refractivity contribution in [1.29, 1.82) is 0 Å². The lowest BCUT2D eigenvalue weighted by molar-refractivity contribution is 0.202. The van der Waals surface area contributed by atoms with Crippen LogP contribution in [0.15, 0.2) is 42.5 Å². The highest BCUT2D eigenvalue weighted by molar-refractivity contribution is 7.90. The average Bonchev–Trinajstić information content (AvgIpc) is 3.57. The number of benzene rings is 1. The second-order valence-corrected chi connectivity index (χ2v) is 11.6. The van der Waals surface area contributed by atoms with E-state index < -0.39 is 9.84 Å². The fraction of sp³-hybridized carbons (Fsp3) is 0.560. The normalized spacial score (nSPS) is 18.7. The van der Waals surface area contributed by atoms with E-state index in [4.69, 9.17) is 9.72 Å². The van der Waals surface area contributed by atoms with Crippen LogP contribution in [0.25, 0.3) is 0 Å². The van der Waals surface area contributed by atoms with E-state index in [1.807, 2.05) is 13.0 Å². The number of hydrogen-bond acceptors (Lipinski definition) is 5. The Morgan fingerprint density at radius 1 is 1.06 bits per heavy atom. The number of rotatable bonds is 9. The third kappa shape index (κ3) is 7.46. The average molecular weight is 479 g/mol. The van der Waals surface area contributed by atoms with Crippen LogP contribution in [-0.2, 0) is 16.4 Å². The minimum Gasteiger partial charge on any atom is -0.477 e. The van der Waals surface area contributed by atoms with Gasteiger partial charge in [0.2, 0.25) is 5.88 Å². The Kier molecular flexibility index (Phi) is 8.59. The van der Waals surface area contributed by atoms with Gasteiger partial charge in [0, 0.05) is 30.5 Å². The number of nitrogens with zero attached hydrogens (tertiary/aromatic N) is 2. The molecule has 0 unspecified atom stereocenters. The summed E-state index contributed by atoms with van der Waals surface area (Å²) in [4.78, 5) is 7.27. The van der Waals surface area contributed by atoms with E-state index in [2.05, 4.69) is 41.3 Å². The van der Waals surface area contributed by atoms with Crippen molar-refractivity contribution in [3.05, 3.63) is 59.3 Å². The van der Waals surface area contributed by atoms with Gasteiger partial charge in [-0.3, -0.25) is 4.90 Å². The Labute approximate surface area is 198 Å². The van der Waals surface area contributed by atoms with E-state index in [1.165, 1.54) is 24.7 Å². The Balaban J connectivity index is 0.00000289. The Bertz CT molecular complexity index is 969. The molecule has 2 heterocycles. The van der Waals surface area contributed by atoms with Gasteiger partial charge in [0.05, 0.1) is 12.4 Å². The molecule has 0 amide bonds. The quantitative estimate of drug-likeness (QED) is 0.517. The summed E-state index contributed by atoms with van der Waals surface area (Å²) in [6.45, 7) is 5.84. The summed E-state index contributed by atoms with van der Waals surface area (Å²) >= 11 is 0. The maximum Gasteiger partial charge on any atom is 0.213 e. The number of hydrogen-bond donors (Lipinski definition) is 0. The summed E-state index contributed by atoms with van der Waals surface area (Å²) in [7, 11) is -2.96. The fourth-order valence-corrected chi connectivity index (χ4v) is 5.47. The first-order valence-electron chi connectivity index (χ1n) is 11.4. The van der Waals surface area contributed by atoms with E-state index in [9.17, 15) is 8.42 Å². The number of pyridine rings is 1. The third-order valence-electron chi connectivity index (χ3n) is 6.42. The van der Waals surface area contributed by atoms with Crippen LogP contribution in [-0.4, -0.2) is 50.0 Å². The van der Waals surface area contributed by atoms with Gasteiger partial charge in [0.1, 0.15) is 9.84 Å². The summed E-state index contributed by atoms with van der Waals surface area (Å²) in [6.07, 6.45) is 6.11. The molecule has 2 aromatic rings. The van der Waals surface area contributed by atoms with Gasteiger partial charge in [-0.1, -0.05) is 37.3 Å². The second kappa shape index (κ2) is 11.0. The van der Waals surface area contributed by atoms with Crippen molar-refractivity contribution in [3.63, 3.8) is 0 Å². The van der Waals surface area contributed by atoms with E-state index in [1.54, 1.807) is 0 Å². The van der Waals surface area contributed by atoms with Crippen LogP contribution in [0.2, 0.25) is 0 Å². The Morgan fingerprint density at radius 2 is 1.75 bits per heavy atom. The molecule has 4 rings (SSSR count). The number of piperidine rings is 1. The maximum absolute atomic E-state index is 11.5. The monoisotopic (exact) mass is 478 g/mol. The first kappa shape index (κ1) is 25.0. The summed E-state index contributed by atoms with van der Waals surface area (Å²) < 4.78 is 28.9. The molecule has 2 aliphatic rings. The van der Waals surface area contributed by atoms with Crippen molar-refractivity contribution in [2.75, 3.05) is 31.7 Å². The molecule has 1 aromatic heterocycles. The number of halogens is 1.